The van der Waals surface area contributed by atoms with E-state index in [0.717, 1.165) is 0 Å². The third-order valence-electron chi connectivity index (χ3n) is 3.64. The first kappa shape index (κ1) is 16.1. The van der Waals surface area contributed by atoms with E-state index in [1.165, 1.54) is 17.2 Å². The van der Waals surface area contributed by atoms with Crippen molar-refractivity contribution < 1.29 is 20.1 Å². The lowest BCUT2D eigenvalue weighted by atomic mass is 10.1. The van der Waals surface area contributed by atoms with E-state index in [1.807, 2.05) is 20.8 Å². The molecule has 1 aliphatic heterocycles. The molecule has 1 unspecified atom stereocenters. The maximum absolute atomic E-state index is 10.2. The van der Waals surface area contributed by atoms with Crippen LogP contribution in [0.5, 0.6) is 0 Å². The van der Waals surface area contributed by atoms with E-state index in [-0.39, 0.29) is 12.1 Å². The van der Waals surface area contributed by atoms with E-state index in [0.29, 0.717) is 17.0 Å². The Balaban J connectivity index is 1.99. The second-order valence-corrected chi connectivity index (χ2v) is 6.65. The summed E-state index contributed by atoms with van der Waals surface area (Å²) in [6, 6.07) is 0. The summed E-state index contributed by atoms with van der Waals surface area (Å²) in [6.07, 6.45) is -1.19. The van der Waals surface area contributed by atoms with Crippen LogP contribution in [-0.2, 0) is 4.74 Å². The van der Waals surface area contributed by atoms with Crippen molar-refractivity contribution in [3.8, 4) is 0 Å². The number of hydrogen-bond acceptors (Lipinski definition) is 8. The Morgan fingerprint density at radius 1 is 1.22 bits per heavy atom. The summed E-state index contributed by atoms with van der Waals surface area (Å²) in [4.78, 5) is 12.7. The van der Waals surface area contributed by atoms with Crippen molar-refractivity contribution in [3.63, 3.8) is 0 Å². The number of aliphatic hydroxyl groups excluding tert-OH is 3. The highest BCUT2D eigenvalue weighted by molar-refractivity contribution is 5.83. The lowest BCUT2D eigenvalue weighted by Gasteiger charge is -2.21. The van der Waals surface area contributed by atoms with Gasteiger partial charge in [0.2, 0.25) is 0 Å². The minimum absolute atomic E-state index is 0.202. The molecule has 2 aromatic heterocycles. The zero-order valence-electron chi connectivity index (χ0n) is 13.2. The summed E-state index contributed by atoms with van der Waals surface area (Å²) in [7, 11) is 0. The van der Waals surface area contributed by atoms with Crippen LogP contribution in [0.15, 0.2) is 12.7 Å². The molecule has 0 aliphatic carbocycles. The third-order valence-corrected chi connectivity index (χ3v) is 3.64. The van der Waals surface area contributed by atoms with Crippen LogP contribution in [0.1, 0.15) is 27.0 Å². The highest BCUT2D eigenvalue weighted by atomic mass is 16.6. The van der Waals surface area contributed by atoms with Gasteiger partial charge in [0.05, 0.1) is 12.9 Å². The topological polar surface area (TPSA) is 126 Å². The predicted molar refractivity (Wildman–Crippen MR) is 81.7 cm³/mol. The number of aromatic nitrogens is 4. The molecular formula is C14H21N5O4. The number of fused-ring (bicyclic) bond motifs is 1. The maximum Gasteiger partial charge on any atom is 0.167 e. The Bertz CT molecular complexity index is 698. The first-order chi connectivity index (χ1) is 10.8. The summed E-state index contributed by atoms with van der Waals surface area (Å²) in [5.74, 6) is 0.577. The Morgan fingerprint density at radius 3 is 2.57 bits per heavy atom. The van der Waals surface area contributed by atoms with Gasteiger partial charge < -0.3 is 25.4 Å². The van der Waals surface area contributed by atoms with Crippen molar-refractivity contribution in [1.82, 2.24) is 19.5 Å². The molecule has 0 saturated carbocycles. The first-order valence-corrected chi connectivity index (χ1v) is 7.40. The molecule has 1 saturated heterocycles. The lowest BCUT2D eigenvalue weighted by molar-refractivity contribution is -0.0511. The smallest absolute Gasteiger partial charge is 0.167 e. The molecule has 23 heavy (non-hydrogen) atoms. The summed E-state index contributed by atoms with van der Waals surface area (Å²) in [6.45, 7) is 5.63. The number of imidazole rings is 1. The van der Waals surface area contributed by atoms with Crippen molar-refractivity contribution in [1.29, 1.82) is 0 Å². The summed E-state index contributed by atoms with van der Waals surface area (Å²) in [5.41, 5.74) is 0.814. The Kier molecular flexibility index (Phi) is 3.96. The van der Waals surface area contributed by atoms with Gasteiger partial charge in [0.25, 0.3) is 0 Å². The van der Waals surface area contributed by atoms with E-state index >= 15 is 0 Å². The van der Waals surface area contributed by atoms with E-state index < -0.39 is 24.5 Å². The van der Waals surface area contributed by atoms with Crippen LogP contribution in [-0.4, -0.2) is 65.3 Å². The molecule has 3 rings (SSSR count). The molecule has 2 aromatic rings. The number of nitrogens with one attached hydrogen (secondary N) is 1. The monoisotopic (exact) mass is 323 g/mol. The fraction of sp³-hybridized carbons (Fsp3) is 0.643. The van der Waals surface area contributed by atoms with Gasteiger partial charge in [0, 0.05) is 5.54 Å². The van der Waals surface area contributed by atoms with Crippen molar-refractivity contribution in [3.05, 3.63) is 12.7 Å². The normalized spacial score (nSPS) is 28.4. The van der Waals surface area contributed by atoms with Crippen LogP contribution in [0.3, 0.4) is 0 Å². The first-order valence-electron chi connectivity index (χ1n) is 7.40. The molecule has 1 aliphatic rings. The number of rotatable bonds is 3. The van der Waals surface area contributed by atoms with Crippen LogP contribution < -0.4 is 5.32 Å². The average Bonchev–Trinajstić information content (AvgIpc) is 3.01. The molecule has 4 N–H and O–H groups in total. The molecule has 9 heteroatoms. The largest absolute Gasteiger partial charge is 0.394 e. The van der Waals surface area contributed by atoms with Crippen LogP contribution in [0.2, 0.25) is 0 Å². The molecule has 0 bridgehead atoms. The lowest BCUT2D eigenvalue weighted by Crippen LogP contribution is -2.33. The summed E-state index contributed by atoms with van der Waals surface area (Å²) < 4.78 is 7.06. The summed E-state index contributed by atoms with van der Waals surface area (Å²) >= 11 is 0. The van der Waals surface area contributed by atoms with Crippen molar-refractivity contribution in [2.75, 3.05) is 11.9 Å². The molecule has 3 heterocycles. The van der Waals surface area contributed by atoms with Gasteiger partial charge in [-0.2, -0.15) is 0 Å². The van der Waals surface area contributed by atoms with E-state index in [4.69, 9.17) is 4.74 Å². The summed E-state index contributed by atoms with van der Waals surface area (Å²) in [5, 5.41) is 32.5. The van der Waals surface area contributed by atoms with Crippen molar-refractivity contribution >= 4 is 17.0 Å². The van der Waals surface area contributed by atoms with Gasteiger partial charge in [0.1, 0.15) is 24.6 Å². The predicted octanol–water partition coefficient (Wildman–Crippen LogP) is -0.352. The third kappa shape index (κ3) is 2.88. The van der Waals surface area contributed by atoms with Gasteiger partial charge in [-0.15, -0.1) is 0 Å². The maximum atomic E-state index is 10.2. The Morgan fingerprint density at radius 2 is 1.96 bits per heavy atom. The van der Waals surface area contributed by atoms with Gasteiger partial charge >= 0.3 is 0 Å². The standard InChI is InChI=1S/C14H21N5O4/c1-14(2,3)18-11-8-12(16-5-15-11)19(6-17-8)13-10(22)9(21)7(4-20)23-13/h5-7,9-10,13,20-22H,4H2,1-3H3,(H,15,16,18)/t7-,9+,10?,13-/m1/s1. The van der Waals surface area contributed by atoms with Crippen LogP contribution in [0.4, 0.5) is 5.82 Å². The fourth-order valence-electron chi connectivity index (χ4n) is 2.59. The second-order valence-electron chi connectivity index (χ2n) is 6.65. The van der Waals surface area contributed by atoms with E-state index in [9.17, 15) is 15.3 Å². The van der Waals surface area contributed by atoms with Gasteiger partial charge in [-0.3, -0.25) is 4.57 Å². The van der Waals surface area contributed by atoms with Crippen LogP contribution in [0, 0.1) is 0 Å². The zero-order valence-corrected chi connectivity index (χ0v) is 13.2. The number of aliphatic hydroxyl groups is 3. The SMILES string of the molecule is CC(C)(C)Nc1ncnc2c1ncn2[C@@H]1O[C@H](CO)[C@H](O)C1O. The molecule has 126 valence electrons. The number of hydrogen-bond donors (Lipinski definition) is 4. The van der Waals surface area contributed by atoms with Crippen LogP contribution in [0.25, 0.3) is 11.2 Å². The molecule has 1 fully saturated rings. The zero-order chi connectivity index (χ0) is 16.8. The Hall–Kier alpha value is -1.81. The fourth-order valence-corrected chi connectivity index (χ4v) is 2.59. The quantitative estimate of drug-likeness (QED) is 0.604. The van der Waals surface area contributed by atoms with Gasteiger partial charge in [-0.1, -0.05) is 0 Å². The Labute approximate surface area is 133 Å². The molecule has 0 spiro atoms. The van der Waals surface area contributed by atoms with Crippen molar-refractivity contribution in [2.45, 2.75) is 50.8 Å². The average molecular weight is 323 g/mol. The van der Waals surface area contributed by atoms with Gasteiger partial charge in [-0.05, 0) is 20.8 Å². The molecule has 0 radical (unpaired) electrons. The van der Waals surface area contributed by atoms with Crippen molar-refractivity contribution in [2.24, 2.45) is 0 Å². The highest BCUT2D eigenvalue weighted by Crippen LogP contribution is 2.32. The van der Waals surface area contributed by atoms with Gasteiger partial charge in [-0.25, -0.2) is 15.0 Å². The molecule has 9 nitrogen and oxygen atoms in total. The second kappa shape index (κ2) is 5.68. The minimum Gasteiger partial charge on any atom is -0.394 e. The molecule has 0 aromatic carbocycles. The van der Waals surface area contributed by atoms with Gasteiger partial charge in [0.15, 0.2) is 23.2 Å². The molecular weight excluding hydrogens is 302 g/mol. The van der Waals surface area contributed by atoms with E-state index in [1.54, 1.807) is 0 Å². The highest BCUT2D eigenvalue weighted by Gasteiger charge is 2.44. The molecule has 4 atom stereocenters. The molecule has 0 amide bonds. The van der Waals surface area contributed by atoms with Crippen LogP contribution >= 0.6 is 0 Å². The number of ether oxygens (including phenoxy) is 1. The minimum atomic E-state index is -1.18. The number of anilines is 1. The number of nitrogens with zero attached hydrogens (tertiary/aromatic N) is 4. The van der Waals surface area contributed by atoms with E-state index in [2.05, 4.69) is 20.3 Å².